The van der Waals surface area contributed by atoms with Gasteiger partial charge in [0.2, 0.25) is 11.8 Å². The van der Waals surface area contributed by atoms with Gasteiger partial charge in [-0.15, -0.1) is 0 Å². The molecule has 0 fully saturated rings. The number of nitrogens with two attached hydrogens (primary N) is 1. The highest BCUT2D eigenvalue weighted by molar-refractivity contribution is 5.88. The van der Waals surface area contributed by atoms with Crippen LogP contribution in [0.1, 0.15) is 48.6 Å². The number of benzene rings is 1. The molecule has 9 heteroatoms. The average molecular weight is 356 g/mol. The van der Waals surface area contributed by atoms with Crippen molar-refractivity contribution < 1.29 is 14.1 Å². The number of aromatic nitrogens is 4. The van der Waals surface area contributed by atoms with Crippen LogP contribution in [0, 0.1) is 0 Å². The second kappa shape index (κ2) is 7.34. The summed E-state index contributed by atoms with van der Waals surface area (Å²) in [5.74, 6) is -0.218. The average Bonchev–Trinajstić information content (AvgIpc) is 3.26. The summed E-state index contributed by atoms with van der Waals surface area (Å²) in [4.78, 5) is 32.2. The molecule has 136 valence electrons. The highest BCUT2D eigenvalue weighted by Gasteiger charge is 2.24. The molecule has 3 rings (SSSR count). The van der Waals surface area contributed by atoms with Gasteiger partial charge in [-0.3, -0.25) is 9.59 Å². The van der Waals surface area contributed by atoms with E-state index < -0.39 is 11.9 Å². The number of primary amides is 1. The molecule has 1 aromatic carbocycles. The summed E-state index contributed by atoms with van der Waals surface area (Å²) in [6, 6.07) is 7.31. The number of carbonyl (C=O) groups is 2. The van der Waals surface area contributed by atoms with E-state index in [1.165, 1.54) is 0 Å². The predicted molar refractivity (Wildman–Crippen MR) is 93.1 cm³/mol. The molecule has 0 aliphatic carbocycles. The topological polar surface area (TPSA) is 129 Å². The Morgan fingerprint density at radius 3 is 2.69 bits per heavy atom. The maximum absolute atomic E-state index is 12.8. The molecule has 2 amide bonds. The van der Waals surface area contributed by atoms with Gasteiger partial charge in [-0.1, -0.05) is 31.1 Å². The number of imidazole rings is 1. The second-order valence-corrected chi connectivity index (χ2v) is 5.76. The Labute approximate surface area is 149 Å². The summed E-state index contributed by atoms with van der Waals surface area (Å²) in [6.45, 7) is 3.96. The fourth-order valence-corrected chi connectivity index (χ4v) is 2.88. The molecule has 0 aliphatic heterocycles. The third-order valence-corrected chi connectivity index (χ3v) is 4.09. The molecule has 1 atom stereocenters. The van der Waals surface area contributed by atoms with Crippen molar-refractivity contribution in [3.8, 4) is 0 Å². The Hall–Kier alpha value is -3.23. The molecule has 0 saturated carbocycles. The van der Waals surface area contributed by atoms with Crippen LogP contribution in [0.3, 0.4) is 0 Å². The lowest BCUT2D eigenvalue weighted by Crippen LogP contribution is -2.32. The highest BCUT2D eigenvalue weighted by atomic mass is 16.5. The molecule has 2 aromatic heterocycles. The summed E-state index contributed by atoms with van der Waals surface area (Å²) in [5, 5.41) is 6.22. The highest BCUT2D eigenvalue weighted by Crippen LogP contribution is 2.24. The van der Waals surface area contributed by atoms with E-state index in [0.717, 1.165) is 16.9 Å². The molecule has 3 N–H and O–H groups in total. The van der Waals surface area contributed by atoms with Crippen molar-refractivity contribution in [3.63, 3.8) is 0 Å². The monoisotopic (exact) mass is 356 g/mol. The van der Waals surface area contributed by atoms with Gasteiger partial charge in [-0.2, -0.15) is 4.98 Å². The summed E-state index contributed by atoms with van der Waals surface area (Å²) >= 11 is 0. The standard InChI is InChI=1S/C17H20N6O3/c1-3-11(17(25)19-9-14-21-16(15(18)24)22-26-14)23-12-8-6-5-7-10(12)20-13(23)4-2/h5-8,11H,3-4,9H2,1-2H3,(H2,18,24)(H,19,25)/t11-/m0/s1. The number of amides is 2. The minimum Gasteiger partial charge on any atom is -0.363 e. The van der Waals surface area contributed by atoms with Gasteiger partial charge in [0.05, 0.1) is 17.6 Å². The van der Waals surface area contributed by atoms with Crippen LogP contribution in [0.4, 0.5) is 0 Å². The third-order valence-electron chi connectivity index (χ3n) is 4.09. The molecule has 0 spiro atoms. The molecule has 3 aromatic rings. The largest absolute Gasteiger partial charge is 0.363 e. The zero-order chi connectivity index (χ0) is 18.7. The Kier molecular flexibility index (Phi) is 4.97. The van der Waals surface area contributed by atoms with Crippen LogP contribution in [0.5, 0.6) is 0 Å². The summed E-state index contributed by atoms with van der Waals surface area (Å²) in [7, 11) is 0. The SMILES string of the molecule is CCc1nc2ccccc2n1[C@@H](CC)C(=O)NCc1nc(C(N)=O)no1. The first-order valence-electron chi connectivity index (χ1n) is 8.41. The first-order valence-corrected chi connectivity index (χ1v) is 8.41. The van der Waals surface area contributed by atoms with Crippen LogP contribution in [-0.2, 0) is 17.8 Å². The van der Waals surface area contributed by atoms with Crippen LogP contribution >= 0.6 is 0 Å². The van der Waals surface area contributed by atoms with Crippen LogP contribution in [0.15, 0.2) is 28.8 Å². The van der Waals surface area contributed by atoms with Crippen LogP contribution < -0.4 is 11.1 Å². The number of hydrogen-bond donors (Lipinski definition) is 2. The van der Waals surface area contributed by atoms with E-state index in [1.807, 2.05) is 42.7 Å². The Morgan fingerprint density at radius 1 is 1.27 bits per heavy atom. The number of nitrogens with zero attached hydrogens (tertiary/aromatic N) is 4. The number of aryl methyl sites for hydroxylation is 1. The van der Waals surface area contributed by atoms with Gasteiger partial charge in [-0.25, -0.2) is 4.98 Å². The van der Waals surface area contributed by atoms with E-state index in [9.17, 15) is 9.59 Å². The summed E-state index contributed by atoms with van der Waals surface area (Å²) in [5.41, 5.74) is 6.86. The second-order valence-electron chi connectivity index (χ2n) is 5.76. The van der Waals surface area contributed by atoms with Crippen molar-refractivity contribution in [2.24, 2.45) is 5.73 Å². The van der Waals surface area contributed by atoms with Crippen LogP contribution in [0.25, 0.3) is 11.0 Å². The zero-order valence-electron chi connectivity index (χ0n) is 14.6. The molecule has 0 aliphatic rings. The number of hydrogen-bond acceptors (Lipinski definition) is 6. The first kappa shape index (κ1) is 17.6. The summed E-state index contributed by atoms with van der Waals surface area (Å²) in [6.07, 6.45) is 1.31. The molecule has 0 unspecified atom stereocenters. The van der Waals surface area contributed by atoms with E-state index in [0.29, 0.717) is 12.8 Å². The van der Waals surface area contributed by atoms with Gasteiger partial charge in [0.25, 0.3) is 11.7 Å². The van der Waals surface area contributed by atoms with Gasteiger partial charge in [0.15, 0.2) is 0 Å². The van der Waals surface area contributed by atoms with Gasteiger partial charge in [0.1, 0.15) is 11.9 Å². The van der Waals surface area contributed by atoms with Crippen molar-refractivity contribution in [2.45, 2.75) is 39.3 Å². The Balaban J connectivity index is 1.82. The molecule has 2 heterocycles. The quantitative estimate of drug-likeness (QED) is 0.657. The smallest absolute Gasteiger partial charge is 0.290 e. The fourth-order valence-electron chi connectivity index (χ4n) is 2.88. The van der Waals surface area contributed by atoms with Crippen molar-refractivity contribution in [1.82, 2.24) is 25.0 Å². The third kappa shape index (κ3) is 3.28. The molecule has 0 bridgehead atoms. The molecule has 0 saturated heterocycles. The van der Waals surface area contributed by atoms with Crippen LogP contribution in [0.2, 0.25) is 0 Å². The van der Waals surface area contributed by atoms with E-state index in [2.05, 4.69) is 20.4 Å². The molecule has 26 heavy (non-hydrogen) atoms. The number of nitrogens with one attached hydrogen (secondary N) is 1. The van der Waals surface area contributed by atoms with Crippen molar-refractivity contribution in [3.05, 3.63) is 41.8 Å². The Morgan fingerprint density at radius 2 is 2.04 bits per heavy atom. The lowest BCUT2D eigenvalue weighted by molar-refractivity contribution is -0.124. The lowest BCUT2D eigenvalue weighted by atomic mass is 10.2. The zero-order valence-corrected chi connectivity index (χ0v) is 14.6. The summed E-state index contributed by atoms with van der Waals surface area (Å²) < 4.78 is 6.87. The van der Waals surface area contributed by atoms with E-state index >= 15 is 0 Å². The Bertz CT molecular complexity index is 945. The van der Waals surface area contributed by atoms with Gasteiger partial charge in [0, 0.05) is 6.42 Å². The minimum absolute atomic E-state index is 0.0176. The number of rotatable bonds is 7. The van der Waals surface area contributed by atoms with Gasteiger partial charge in [-0.05, 0) is 18.6 Å². The molecule has 0 radical (unpaired) electrons. The molecule has 9 nitrogen and oxygen atoms in total. The van der Waals surface area contributed by atoms with Crippen molar-refractivity contribution in [1.29, 1.82) is 0 Å². The lowest BCUT2D eigenvalue weighted by Gasteiger charge is -2.19. The van der Waals surface area contributed by atoms with Gasteiger partial charge >= 0.3 is 0 Å². The number of para-hydroxylation sites is 2. The van der Waals surface area contributed by atoms with Crippen LogP contribution in [-0.4, -0.2) is 31.5 Å². The maximum atomic E-state index is 12.8. The van der Waals surface area contributed by atoms with Crippen molar-refractivity contribution >= 4 is 22.8 Å². The number of fused-ring (bicyclic) bond motifs is 1. The van der Waals surface area contributed by atoms with Crippen molar-refractivity contribution in [2.75, 3.05) is 0 Å². The fraction of sp³-hybridized carbons (Fsp3) is 0.353. The maximum Gasteiger partial charge on any atom is 0.290 e. The predicted octanol–water partition coefficient (Wildman–Crippen LogP) is 1.35. The normalized spacial score (nSPS) is 12.2. The van der Waals surface area contributed by atoms with E-state index in [-0.39, 0.29) is 24.2 Å². The van der Waals surface area contributed by atoms with Gasteiger partial charge < -0.3 is 20.1 Å². The van der Waals surface area contributed by atoms with E-state index in [1.54, 1.807) is 0 Å². The minimum atomic E-state index is -0.782. The first-order chi connectivity index (χ1) is 12.5. The molecular formula is C17H20N6O3. The van der Waals surface area contributed by atoms with E-state index in [4.69, 9.17) is 10.3 Å². The molecular weight excluding hydrogens is 336 g/mol. The number of carbonyl (C=O) groups excluding carboxylic acids is 2.